The molecule has 0 spiro atoms. The Labute approximate surface area is 198 Å². The summed E-state index contributed by atoms with van der Waals surface area (Å²) in [5, 5.41) is 3.67. The van der Waals surface area contributed by atoms with Gasteiger partial charge >= 0.3 is 0 Å². The second kappa shape index (κ2) is 8.81. The fraction of sp³-hybridized carbons (Fsp3) is 0.440. The van der Waals surface area contributed by atoms with Crippen molar-refractivity contribution >= 4 is 28.1 Å². The summed E-state index contributed by atoms with van der Waals surface area (Å²) >= 11 is 0. The van der Waals surface area contributed by atoms with Crippen molar-refractivity contribution < 1.29 is 13.9 Å². The molecule has 9 nitrogen and oxygen atoms in total. The maximum Gasteiger partial charge on any atom is 0.226 e. The van der Waals surface area contributed by atoms with Crippen LogP contribution in [0.25, 0.3) is 33.4 Å². The summed E-state index contributed by atoms with van der Waals surface area (Å²) in [6, 6.07) is 8.09. The zero-order valence-electron chi connectivity index (χ0n) is 20.3. The van der Waals surface area contributed by atoms with Crippen molar-refractivity contribution in [1.82, 2.24) is 25.3 Å². The van der Waals surface area contributed by atoms with Gasteiger partial charge in [0.05, 0.1) is 17.4 Å². The summed E-state index contributed by atoms with van der Waals surface area (Å²) in [6.07, 6.45) is 2.86. The average Bonchev–Trinajstić information content (AvgIpc) is 3.40. The van der Waals surface area contributed by atoms with E-state index in [1.807, 2.05) is 31.2 Å². The number of hydrogen-bond acceptors (Lipinski definition) is 9. The van der Waals surface area contributed by atoms with Crippen molar-refractivity contribution in [3.8, 4) is 17.0 Å². The van der Waals surface area contributed by atoms with Gasteiger partial charge in [-0.15, -0.1) is 0 Å². The molecule has 0 aliphatic carbocycles. The molecule has 1 aliphatic rings. The number of aryl methyl sites for hydroxylation is 1. The maximum atomic E-state index is 5.81. The van der Waals surface area contributed by atoms with E-state index in [0.717, 1.165) is 53.3 Å². The lowest BCUT2D eigenvalue weighted by Crippen LogP contribution is -2.45. The largest absolute Gasteiger partial charge is 0.467 e. The molecule has 1 saturated heterocycles. The summed E-state index contributed by atoms with van der Waals surface area (Å²) in [7, 11) is 1.59. The molecule has 4 aromatic rings. The molecule has 0 radical (unpaired) electrons. The lowest BCUT2D eigenvalue weighted by Gasteiger charge is -2.26. The van der Waals surface area contributed by atoms with E-state index in [0.29, 0.717) is 23.3 Å². The number of nitrogens with one attached hydrogen (secondary N) is 1. The first-order valence-corrected chi connectivity index (χ1v) is 11.5. The normalized spacial score (nSPS) is 16.6. The van der Waals surface area contributed by atoms with Crippen LogP contribution in [0.1, 0.15) is 33.1 Å². The zero-order valence-corrected chi connectivity index (χ0v) is 20.3. The molecule has 4 heterocycles. The van der Waals surface area contributed by atoms with Gasteiger partial charge < -0.3 is 24.1 Å². The van der Waals surface area contributed by atoms with Crippen LogP contribution in [0.15, 0.2) is 34.9 Å². The third kappa shape index (κ3) is 4.67. The van der Waals surface area contributed by atoms with Crippen LogP contribution in [0.3, 0.4) is 0 Å². The highest BCUT2D eigenvalue weighted by Crippen LogP contribution is 2.34. The van der Waals surface area contributed by atoms with Crippen molar-refractivity contribution in [3.05, 3.63) is 36.4 Å². The number of methoxy groups -OCH3 is 1. The molecule has 1 atom stereocenters. The Kier molecular flexibility index (Phi) is 5.83. The van der Waals surface area contributed by atoms with Crippen molar-refractivity contribution in [2.45, 2.75) is 45.7 Å². The summed E-state index contributed by atoms with van der Waals surface area (Å²) in [5.41, 5.74) is 4.55. The Morgan fingerprint density at radius 1 is 1.12 bits per heavy atom. The number of rotatable bonds is 6. The molecule has 1 N–H and O–H groups in total. The Morgan fingerprint density at radius 2 is 1.97 bits per heavy atom. The van der Waals surface area contributed by atoms with Gasteiger partial charge in [-0.25, -0.2) is 19.9 Å². The highest BCUT2D eigenvalue weighted by molar-refractivity contribution is 5.86. The van der Waals surface area contributed by atoms with E-state index in [9.17, 15) is 0 Å². The standard InChI is InChI=1S/C25H30N6O3/c1-15-27-20-11-22(33-14-32-5)17(10-23(20)34-15)18-6-7-19-21(28-18)12-26-24(29-19)31-9-8-16(13-31)30-25(2,3)4/h6-7,10-12,16,30H,8-9,13-14H2,1-5H3/t16-/m0/s1. The SMILES string of the molecule is COCOc1cc2nc(C)oc2cc1-c1ccc2nc(N3CC[C@H](NC(C)(C)C)C3)ncc2n1. The van der Waals surface area contributed by atoms with Crippen LogP contribution in [0.5, 0.6) is 5.75 Å². The number of anilines is 1. The van der Waals surface area contributed by atoms with Gasteiger partial charge in [0.25, 0.3) is 0 Å². The van der Waals surface area contributed by atoms with E-state index in [2.05, 4.69) is 41.0 Å². The van der Waals surface area contributed by atoms with E-state index in [1.54, 1.807) is 13.3 Å². The second-order valence-electron chi connectivity index (χ2n) is 9.70. The smallest absolute Gasteiger partial charge is 0.226 e. The van der Waals surface area contributed by atoms with Gasteiger partial charge in [-0.05, 0) is 45.4 Å². The van der Waals surface area contributed by atoms with E-state index in [4.69, 9.17) is 23.9 Å². The Balaban J connectivity index is 1.44. The van der Waals surface area contributed by atoms with Crippen LogP contribution in [0.4, 0.5) is 5.95 Å². The van der Waals surface area contributed by atoms with Crippen LogP contribution >= 0.6 is 0 Å². The van der Waals surface area contributed by atoms with Crippen LogP contribution in [-0.4, -0.2) is 58.5 Å². The van der Waals surface area contributed by atoms with E-state index < -0.39 is 0 Å². The summed E-state index contributed by atoms with van der Waals surface area (Å²) in [6.45, 7) is 10.3. The molecule has 5 rings (SSSR count). The van der Waals surface area contributed by atoms with Crippen LogP contribution in [0.2, 0.25) is 0 Å². The molecule has 1 fully saturated rings. The molecule has 0 amide bonds. The first-order valence-electron chi connectivity index (χ1n) is 11.5. The number of ether oxygens (including phenoxy) is 2. The van der Waals surface area contributed by atoms with Crippen molar-refractivity contribution in [2.24, 2.45) is 0 Å². The van der Waals surface area contributed by atoms with Crippen LogP contribution < -0.4 is 15.0 Å². The average molecular weight is 463 g/mol. The number of pyridine rings is 1. The number of fused-ring (bicyclic) bond motifs is 2. The Morgan fingerprint density at radius 3 is 2.76 bits per heavy atom. The monoisotopic (exact) mass is 462 g/mol. The molecule has 1 aliphatic heterocycles. The number of hydrogen-bond donors (Lipinski definition) is 1. The molecule has 0 unspecified atom stereocenters. The van der Waals surface area contributed by atoms with Gasteiger partial charge in [0.2, 0.25) is 5.95 Å². The van der Waals surface area contributed by atoms with Crippen molar-refractivity contribution in [1.29, 1.82) is 0 Å². The second-order valence-corrected chi connectivity index (χ2v) is 9.70. The molecule has 9 heteroatoms. The van der Waals surface area contributed by atoms with E-state index in [1.165, 1.54) is 0 Å². The van der Waals surface area contributed by atoms with Gasteiger partial charge in [-0.2, -0.15) is 0 Å². The van der Waals surface area contributed by atoms with Gasteiger partial charge in [-0.1, -0.05) is 0 Å². The molecule has 1 aromatic carbocycles. The number of aromatic nitrogens is 4. The van der Waals surface area contributed by atoms with Gasteiger partial charge in [0, 0.05) is 50.3 Å². The minimum atomic E-state index is 0.0878. The minimum absolute atomic E-state index is 0.0878. The lowest BCUT2D eigenvalue weighted by molar-refractivity contribution is 0.0516. The molecule has 178 valence electrons. The topological polar surface area (TPSA) is 98.4 Å². The fourth-order valence-corrected chi connectivity index (χ4v) is 4.40. The summed E-state index contributed by atoms with van der Waals surface area (Å²) in [5.74, 6) is 1.96. The molecule has 3 aromatic heterocycles. The molecule has 34 heavy (non-hydrogen) atoms. The van der Waals surface area contributed by atoms with Gasteiger partial charge in [0.15, 0.2) is 18.3 Å². The molecule has 0 bridgehead atoms. The van der Waals surface area contributed by atoms with Crippen LogP contribution in [0, 0.1) is 6.92 Å². The van der Waals surface area contributed by atoms with Gasteiger partial charge in [-0.3, -0.25) is 0 Å². The summed E-state index contributed by atoms with van der Waals surface area (Å²) in [4.78, 5) is 20.9. The number of benzene rings is 1. The zero-order chi connectivity index (χ0) is 23.9. The highest BCUT2D eigenvalue weighted by Gasteiger charge is 2.27. The first-order chi connectivity index (χ1) is 16.3. The third-order valence-corrected chi connectivity index (χ3v) is 5.74. The fourth-order valence-electron chi connectivity index (χ4n) is 4.40. The quantitative estimate of drug-likeness (QED) is 0.425. The maximum absolute atomic E-state index is 5.81. The molecular formula is C25H30N6O3. The van der Waals surface area contributed by atoms with Crippen LogP contribution in [-0.2, 0) is 4.74 Å². The molecule has 0 saturated carbocycles. The lowest BCUT2D eigenvalue weighted by atomic mass is 10.1. The van der Waals surface area contributed by atoms with Crippen molar-refractivity contribution in [2.75, 3.05) is 31.9 Å². The first kappa shape index (κ1) is 22.5. The van der Waals surface area contributed by atoms with Crippen molar-refractivity contribution in [3.63, 3.8) is 0 Å². The predicted molar refractivity (Wildman–Crippen MR) is 131 cm³/mol. The van der Waals surface area contributed by atoms with E-state index in [-0.39, 0.29) is 12.3 Å². The van der Waals surface area contributed by atoms with E-state index >= 15 is 0 Å². The Hall–Kier alpha value is -3.30. The van der Waals surface area contributed by atoms with Gasteiger partial charge in [0.1, 0.15) is 16.8 Å². The Bertz CT molecular complexity index is 1330. The minimum Gasteiger partial charge on any atom is -0.467 e. The number of oxazole rings is 1. The summed E-state index contributed by atoms with van der Waals surface area (Å²) < 4.78 is 16.6. The predicted octanol–water partition coefficient (Wildman–Crippen LogP) is 4.09. The highest BCUT2D eigenvalue weighted by atomic mass is 16.7. The number of nitrogens with zero attached hydrogens (tertiary/aromatic N) is 5. The third-order valence-electron chi connectivity index (χ3n) is 5.74. The molecular weight excluding hydrogens is 432 g/mol.